The van der Waals surface area contributed by atoms with Gasteiger partial charge in [-0.1, -0.05) is 31.0 Å². The van der Waals surface area contributed by atoms with Gasteiger partial charge in [0.25, 0.3) is 0 Å². The molecular formula is C18H27N3O2. The van der Waals surface area contributed by atoms with Crippen LogP contribution in [0.1, 0.15) is 32.6 Å². The van der Waals surface area contributed by atoms with Gasteiger partial charge in [-0.05, 0) is 30.9 Å². The van der Waals surface area contributed by atoms with Gasteiger partial charge in [0.15, 0.2) is 0 Å². The molecule has 0 aliphatic heterocycles. The lowest BCUT2D eigenvalue weighted by Crippen LogP contribution is -2.50. The van der Waals surface area contributed by atoms with Crippen molar-refractivity contribution in [2.24, 2.45) is 5.92 Å². The average Bonchev–Trinajstić information content (AvgIpc) is 3.07. The molecule has 0 aromatic heterocycles. The van der Waals surface area contributed by atoms with Crippen LogP contribution in [-0.2, 0) is 9.59 Å². The summed E-state index contributed by atoms with van der Waals surface area (Å²) >= 11 is 0. The highest BCUT2D eigenvalue weighted by Gasteiger charge is 2.31. The maximum atomic E-state index is 12.4. The quantitative estimate of drug-likeness (QED) is 0.808. The van der Waals surface area contributed by atoms with Crippen molar-refractivity contribution in [1.29, 1.82) is 0 Å². The number of benzene rings is 1. The Hall–Kier alpha value is -2.04. The second kappa shape index (κ2) is 8.56. The Bertz CT molecular complexity index is 512. The molecule has 1 aliphatic carbocycles. The van der Waals surface area contributed by atoms with E-state index in [0.29, 0.717) is 6.54 Å². The average molecular weight is 317 g/mol. The number of rotatable bonds is 7. The zero-order valence-corrected chi connectivity index (χ0v) is 14.0. The van der Waals surface area contributed by atoms with Crippen molar-refractivity contribution in [3.8, 4) is 0 Å². The van der Waals surface area contributed by atoms with Gasteiger partial charge in [0.05, 0.1) is 0 Å². The van der Waals surface area contributed by atoms with Crippen molar-refractivity contribution in [3.05, 3.63) is 30.3 Å². The Morgan fingerprint density at radius 2 is 1.87 bits per heavy atom. The number of nitrogens with one attached hydrogen (secondary N) is 2. The Balaban J connectivity index is 1.82. The van der Waals surface area contributed by atoms with E-state index in [9.17, 15) is 9.59 Å². The fraction of sp³-hybridized carbons (Fsp3) is 0.556. The van der Waals surface area contributed by atoms with Crippen molar-refractivity contribution in [2.75, 3.05) is 25.0 Å². The smallest absolute Gasteiger partial charge is 0.242 e. The van der Waals surface area contributed by atoms with Gasteiger partial charge < -0.3 is 15.5 Å². The van der Waals surface area contributed by atoms with E-state index >= 15 is 0 Å². The standard InChI is InChI=1S/C18H27N3O2/c1-14(22)20-17(15-8-6-7-9-15)18(23)19-12-13-21(2)16-10-4-3-5-11-16/h3-5,10-11,15,17H,6-9,12-13H2,1-2H3,(H,19,23)(H,20,22). The van der Waals surface area contributed by atoms with Crippen molar-refractivity contribution in [1.82, 2.24) is 10.6 Å². The number of hydrogen-bond acceptors (Lipinski definition) is 3. The Labute approximate surface area is 138 Å². The molecule has 1 saturated carbocycles. The highest BCUT2D eigenvalue weighted by Crippen LogP contribution is 2.27. The molecule has 2 rings (SSSR count). The molecule has 0 bridgehead atoms. The fourth-order valence-electron chi connectivity index (χ4n) is 3.18. The summed E-state index contributed by atoms with van der Waals surface area (Å²) in [6.45, 7) is 2.76. The van der Waals surface area contributed by atoms with Crippen LogP contribution in [0.25, 0.3) is 0 Å². The minimum absolute atomic E-state index is 0.0615. The molecule has 126 valence electrons. The predicted molar refractivity (Wildman–Crippen MR) is 92.3 cm³/mol. The summed E-state index contributed by atoms with van der Waals surface area (Å²) in [5.41, 5.74) is 1.12. The molecule has 1 unspecified atom stereocenters. The van der Waals surface area contributed by atoms with E-state index in [4.69, 9.17) is 0 Å². The molecule has 0 saturated heterocycles. The first-order valence-corrected chi connectivity index (χ1v) is 8.39. The first-order chi connectivity index (χ1) is 11.1. The molecule has 5 nitrogen and oxygen atoms in total. The minimum atomic E-state index is -0.392. The molecule has 2 amide bonds. The zero-order valence-electron chi connectivity index (χ0n) is 14.0. The molecule has 1 fully saturated rings. The van der Waals surface area contributed by atoms with Gasteiger partial charge >= 0.3 is 0 Å². The topological polar surface area (TPSA) is 61.4 Å². The van der Waals surface area contributed by atoms with Crippen LogP contribution in [0.2, 0.25) is 0 Å². The molecule has 1 aromatic carbocycles. The molecule has 1 atom stereocenters. The largest absolute Gasteiger partial charge is 0.373 e. The van der Waals surface area contributed by atoms with E-state index in [0.717, 1.165) is 37.9 Å². The number of amides is 2. The van der Waals surface area contributed by atoms with E-state index in [1.807, 2.05) is 37.4 Å². The molecule has 0 spiro atoms. The maximum Gasteiger partial charge on any atom is 0.242 e. The maximum absolute atomic E-state index is 12.4. The van der Waals surface area contributed by atoms with E-state index in [2.05, 4.69) is 15.5 Å². The van der Waals surface area contributed by atoms with Gasteiger partial charge in [0, 0.05) is 32.7 Å². The Morgan fingerprint density at radius 3 is 2.48 bits per heavy atom. The molecule has 0 radical (unpaired) electrons. The highest BCUT2D eigenvalue weighted by molar-refractivity contribution is 5.87. The van der Waals surface area contributed by atoms with Gasteiger partial charge in [-0.15, -0.1) is 0 Å². The van der Waals surface area contributed by atoms with Crippen molar-refractivity contribution in [2.45, 2.75) is 38.6 Å². The monoisotopic (exact) mass is 317 g/mol. The van der Waals surface area contributed by atoms with Crippen LogP contribution in [0.3, 0.4) is 0 Å². The lowest BCUT2D eigenvalue weighted by Gasteiger charge is -2.24. The summed E-state index contributed by atoms with van der Waals surface area (Å²) in [6, 6.07) is 9.67. The SMILES string of the molecule is CC(=O)NC(C(=O)NCCN(C)c1ccccc1)C1CCCC1. The minimum Gasteiger partial charge on any atom is -0.373 e. The number of carbonyl (C=O) groups excluding carboxylic acids is 2. The lowest BCUT2D eigenvalue weighted by molar-refractivity contribution is -0.129. The summed E-state index contributed by atoms with van der Waals surface area (Å²) in [5.74, 6) is 0.0674. The number of carbonyl (C=O) groups is 2. The van der Waals surface area contributed by atoms with Gasteiger partial charge in [-0.3, -0.25) is 9.59 Å². The Kier molecular flexibility index (Phi) is 6.44. The summed E-state index contributed by atoms with van der Waals surface area (Å²) in [5, 5.41) is 5.80. The van der Waals surface area contributed by atoms with Crippen molar-refractivity contribution < 1.29 is 9.59 Å². The third-order valence-electron chi connectivity index (χ3n) is 4.46. The van der Waals surface area contributed by atoms with E-state index in [1.165, 1.54) is 6.92 Å². The van der Waals surface area contributed by atoms with Gasteiger partial charge in [-0.25, -0.2) is 0 Å². The van der Waals surface area contributed by atoms with Gasteiger partial charge in [-0.2, -0.15) is 0 Å². The summed E-state index contributed by atoms with van der Waals surface area (Å²) in [6.07, 6.45) is 4.32. The lowest BCUT2D eigenvalue weighted by atomic mass is 9.97. The summed E-state index contributed by atoms with van der Waals surface area (Å²) in [7, 11) is 2.00. The van der Waals surface area contributed by atoms with Crippen LogP contribution in [0.15, 0.2) is 30.3 Å². The molecule has 2 N–H and O–H groups in total. The van der Waals surface area contributed by atoms with Crippen molar-refractivity contribution >= 4 is 17.5 Å². The van der Waals surface area contributed by atoms with Crippen LogP contribution in [0, 0.1) is 5.92 Å². The number of likely N-dealkylation sites (N-methyl/N-ethyl adjacent to an activating group) is 1. The molecule has 23 heavy (non-hydrogen) atoms. The number of para-hydroxylation sites is 1. The predicted octanol–water partition coefficient (Wildman–Crippen LogP) is 1.93. The van der Waals surface area contributed by atoms with Crippen molar-refractivity contribution in [3.63, 3.8) is 0 Å². The Morgan fingerprint density at radius 1 is 1.22 bits per heavy atom. The number of hydrogen-bond donors (Lipinski definition) is 2. The van der Waals surface area contributed by atoms with E-state index in [1.54, 1.807) is 0 Å². The first kappa shape index (κ1) is 17.3. The third kappa shape index (κ3) is 5.27. The summed E-state index contributed by atoms with van der Waals surface area (Å²) in [4.78, 5) is 25.9. The second-order valence-electron chi connectivity index (χ2n) is 6.27. The molecule has 5 heteroatoms. The molecular weight excluding hydrogens is 290 g/mol. The zero-order chi connectivity index (χ0) is 16.7. The van der Waals surface area contributed by atoms with Gasteiger partial charge in [0.1, 0.15) is 6.04 Å². The molecule has 1 aliphatic rings. The second-order valence-corrected chi connectivity index (χ2v) is 6.27. The van der Waals surface area contributed by atoms with Crippen LogP contribution in [0.5, 0.6) is 0 Å². The van der Waals surface area contributed by atoms with Crippen LogP contribution < -0.4 is 15.5 Å². The molecule has 1 aromatic rings. The van der Waals surface area contributed by atoms with Crippen LogP contribution in [0.4, 0.5) is 5.69 Å². The number of anilines is 1. The number of nitrogens with zero attached hydrogens (tertiary/aromatic N) is 1. The van der Waals surface area contributed by atoms with Gasteiger partial charge in [0.2, 0.25) is 11.8 Å². The molecule has 0 heterocycles. The van der Waals surface area contributed by atoms with Crippen LogP contribution >= 0.6 is 0 Å². The first-order valence-electron chi connectivity index (χ1n) is 8.39. The highest BCUT2D eigenvalue weighted by atomic mass is 16.2. The normalized spacial score (nSPS) is 15.9. The third-order valence-corrected chi connectivity index (χ3v) is 4.46. The summed E-state index contributed by atoms with van der Waals surface area (Å²) < 4.78 is 0. The fourth-order valence-corrected chi connectivity index (χ4v) is 3.18. The van der Waals surface area contributed by atoms with Crippen LogP contribution in [-0.4, -0.2) is 38.0 Å². The van der Waals surface area contributed by atoms with E-state index < -0.39 is 6.04 Å². The van der Waals surface area contributed by atoms with E-state index in [-0.39, 0.29) is 17.7 Å².